The standard InChI is InChI=1S/C21H18N2O4/c1-26-18(24)16-20(14-9-5-3-6-10-14)13-21(20,15-11-7-4-8-12-15)17(23-22-16)19(25)27-2/h3-12H,13H2,1-2H3/t20-,21+. The lowest BCUT2D eigenvalue weighted by atomic mass is 9.75. The molecule has 0 spiro atoms. The van der Waals surface area contributed by atoms with Gasteiger partial charge in [-0.3, -0.25) is 0 Å². The molecule has 0 bridgehead atoms. The van der Waals surface area contributed by atoms with Gasteiger partial charge in [0.1, 0.15) is 0 Å². The third-order valence-corrected chi connectivity index (χ3v) is 5.48. The summed E-state index contributed by atoms with van der Waals surface area (Å²) in [5.74, 6) is -1.10. The number of methoxy groups -OCH3 is 2. The molecule has 0 unspecified atom stereocenters. The highest BCUT2D eigenvalue weighted by molar-refractivity contribution is 6.50. The summed E-state index contributed by atoms with van der Waals surface area (Å²) in [6.45, 7) is 0. The smallest absolute Gasteiger partial charge is 0.355 e. The van der Waals surface area contributed by atoms with Crippen molar-refractivity contribution in [2.24, 2.45) is 10.2 Å². The SMILES string of the molecule is COC(=O)C1=NN=C(C(=O)OC)[C@@]2(c3ccccc3)C[C@@]12c1ccccc1. The molecule has 4 rings (SSSR count). The minimum atomic E-state index is -0.825. The highest BCUT2D eigenvalue weighted by Gasteiger charge is 2.78. The number of benzene rings is 2. The van der Waals surface area contributed by atoms with Gasteiger partial charge in [0.2, 0.25) is 0 Å². The van der Waals surface area contributed by atoms with E-state index in [1.807, 2.05) is 60.7 Å². The summed E-state index contributed by atoms with van der Waals surface area (Å²) < 4.78 is 9.96. The van der Waals surface area contributed by atoms with E-state index >= 15 is 0 Å². The Morgan fingerprint density at radius 2 is 1.11 bits per heavy atom. The van der Waals surface area contributed by atoms with E-state index in [2.05, 4.69) is 10.2 Å². The third-order valence-electron chi connectivity index (χ3n) is 5.48. The van der Waals surface area contributed by atoms with Crippen molar-refractivity contribution in [2.75, 3.05) is 14.2 Å². The molecule has 2 aromatic carbocycles. The van der Waals surface area contributed by atoms with Gasteiger partial charge in [-0.15, -0.1) is 10.2 Å². The van der Waals surface area contributed by atoms with Gasteiger partial charge >= 0.3 is 11.9 Å². The lowest BCUT2D eigenvalue weighted by molar-refractivity contribution is -0.134. The van der Waals surface area contributed by atoms with Crippen LogP contribution in [-0.2, 0) is 29.9 Å². The zero-order chi connectivity index (χ0) is 19.1. The largest absolute Gasteiger partial charge is 0.464 e. The molecule has 0 aromatic heterocycles. The minimum absolute atomic E-state index is 0.202. The van der Waals surface area contributed by atoms with Gasteiger partial charge in [-0.1, -0.05) is 60.7 Å². The zero-order valence-corrected chi connectivity index (χ0v) is 15.0. The number of rotatable bonds is 4. The molecule has 6 nitrogen and oxygen atoms in total. The Morgan fingerprint density at radius 3 is 1.44 bits per heavy atom. The number of carbonyl (C=O) groups is 2. The lowest BCUT2D eigenvalue weighted by Crippen LogP contribution is -2.45. The zero-order valence-electron chi connectivity index (χ0n) is 15.0. The molecule has 0 radical (unpaired) electrons. The molecule has 0 amide bonds. The van der Waals surface area contributed by atoms with Gasteiger partial charge in [0.05, 0.1) is 25.0 Å². The third kappa shape index (κ3) is 2.19. The van der Waals surface area contributed by atoms with Gasteiger partial charge in [-0.25, -0.2) is 9.59 Å². The molecule has 1 aliphatic heterocycles. The quantitative estimate of drug-likeness (QED) is 0.783. The van der Waals surface area contributed by atoms with Crippen LogP contribution in [-0.4, -0.2) is 37.6 Å². The van der Waals surface area contributed by atoms with Crippen molar-refractivity contribution in [1.29, 1.82) is 0 Å². The normalized spacial score (nSPS) is 25.6. The van der Waals surface area contributed by atoms with Crippen LogP contribution in [0.5, 0.6) is 0 Å². The van der Waals surface area contributed by atoms with E-state index in [0.29, 0.717) is 6.42 Å². The molecule has 2 atom stereocenters. The van der Waals surface area contributed by atoms with Crippen LogP contribution in [0.15, 0.2) is 70.9 Å². The predicted octanol–water partition coefficient (Wildman–Crippen LogP) is 2.42. The summed E-state index contributed by atoms with van der Waals surface area (Å²) >= 11 is 0. The Balaban J connectivity index is 2.02. The van der Waals surface area contributed by atoms with Crippen LogP contribution in [0.25, 0.3) is 0 Å². The number of ether oxygens (including phenoxy) is 2. The average Bonchev–Trinajstić information content (AvgIpc) is 3.46. The molecule has 1 aliphatic carbocycles. The Bertz CT molecular complexity index is 889. The fraction of sp³-hybridized carbons (Fsp3) is 0.238. The maximum Gasteiger partial charge on any atom is 0.355 e. The van der Waals surface area contributed by atoms with Crippen molar-refractivity contribution in [1.82, 2.24) is 0 Å². The molecular formula is C21H18N2O4. The molecule has 1 saturated carbocycles. The Morgan fingerprint density at radius 1 is 0.741 bits per heavy atom. The summed E-state index contributed by atoms with van der Waals surface area (Å²) in [7, 11) is 2.63. The number of hydrogen-bond acceptors (Lipinski definition) is 6. The fourth-order valence-corrected chi connectivity index (χ4v) is 4.24. The van der Waals surface area contributed by atoms with Crippen molar-refractivity contribution in [3.8, 4) is 0 Å². The van der Waals surface area contributed by atoms with Crippen LogP contribution < -0.4 is 0 Å². The molecule has 2 aliphatic rings. The van der Waals surface area contributed by atoms with Gasteiger partial charge < -0.3 is 9.47 Å². The van der Waals surface area contributed by atoms with E-state index in [1.54, 1.807) is 0 Å². The van der Waals surface area contributed by atoms with Gasteiger partial charge in [0.25, 0.3) is 0 Å². The van der Waals surface area contributed by atoms with E-state index in [0.717, 1.165) is 11.1 Å². The molecule has 0 N–H and O–H groups in total. The van der Waals surface area contributed by atoms with E-state index < -0.39 is 22.8 Å². The van der Waals surface area contributed by atoms with Crippen LogP contribution in [0.3, 0.4) is 0 Å². The van der Waals surface area contributed by atoms with Crippen molar-refractivity contribution < 1.29 is 19.1 Å². The summed E-state index contributed by atoms with van der Waals surface area (Å²) in [4.78, 5) is 25.1. The molecule has 1 heterocycles. The highest BCUT2D eigenvalue weighted by Crippen LogP contribution is 2.68. The monoisotopic (exact) mass is 362 g/mol. The fourth-order valence-electron chi connectivity index (χ4n) is 4.24. The van der Waals surface area contributed by atoms with Crippen LogP contribution in [0.2, 0.25) is 0 Å². The summed E-state index contributed by atoms with van der Waals surface area (Å²) in [6, 6.07) is 19.1. The topological polar surface area (TPSA) is 77.3 Å². The first-order valence-electron chi connectivity index (χ1n) is 8.56. The van der Waals surface area contributed by atoms with Crippen LogP contribution >= 0.6 is 0 Å². The first-order chi connectivity index (χ1) is 13.1. The molecule has 6 heteroatoms. The van der Waals surface area contributed by atoms with Crippen molar-refractivity contribution in [3.63, 3.8) is 0 Å². The first kappa shape index (κ1) is 17.1. The number of esters is 2. The lowest BCUT2D eigenvalue weighted by Gasteiger charge is -2.29. The van der Waals surface area contributed by atoms with Crippen LogP contribution in [0, 0.1) is 0 Å². The van der Waals surface area contributed by atoms with E-state index in [1.165, 1.54) is 14.2 Å². The molecule has 0 saturated heterocycles. The first-order valence-corrected chi connectivity index (χ1v) is 8.56. The van der Waals surface area contributed by atoms with E-state index in [9.17, 15) is 9.59 Å². The highest BCUT2D eigenvalue weighted by atomic mass is 16.5. The van der Waals surface area contributed by atoms with Crippen molar-refractivity contribution >= 4 is 23.4 Å². The number of carbonyl (C=O) groups excluding carboxylic acids is 2. The Kier molecular flexibility index (Phi) is 3.91. The second kappa shape index (κ2) is 6.16. The second-order valence-corrected chi connectivity index (χ2v) is 6.60. The van der Waals surface area contributed by atoms with E-state index in [-0.39, 0.29) is 11.4 Å². The average molecular weight is 362 g/mol. The van der Waals surface area contributed by atoms with Gasteiger partial charge in [-0.2, -0.15) is 0 Å². The molecule has 1 fully saturated rings. The maximum atomic E-state index is 12.6. The Hall–Kier alpha value is -3.28. The molecule has 2 aromatic rings. The maximum absolute atomic E-state index is 12.6. The summed E-state index contributed by atoms with van der Waals surface area (Å²) in [6.07, 6.45) is 0.482. The number of fused-ring (bicyclic) bond motifs is 1. The van der Waals surface area contributed by atoms with Gasteiger partial charge in [-0.05, 0) is 17.5 Å². The molecular weight excluding hydrogens is 344 g/mol. The van der Waals surface area contributed by atoms with E-state index in [4.69, 9.17) is 9.47 Å². The van der Waals surface area contributed by atoms with Crippen molar-refractivity contribution in [3.05, 3.63) is 71.8 Å². The molecule has 27 heavy (non-hydrogen) atoms. The van der Waals surface area contributed by atoms with Crippen molar-refractivity contribution in [2.45, 2.75) is 17.3 Å². The summed E-state index contributed by atoms with van der Waals surface area (Å²) in [5, 5.41) is 8.24. The van der Waals surface area contributed by atoms with Gasteiger partial charge in [0.15, 0.2) is 11.4 Å². The second-order valence-electron chi connectivity index (χ2n) is 6.60. The minimum Gasteiger partial charge on any atom is -0.464 e. The summed E-state index contributed by atoms with van der Waals surface area (Å²) in [5.41, 5.74) is 0.520. The number of hydrogen-bond donors (Lipinski definition) is 0. The Labute approximate surface area is 156 Å². The van der Waals surface area contributed by atoms with Crippen LogP contribution in [0.1, 0.15) is 17.5 Å². The number of nitrogens with zero attached hydrogens (tertiary/aromatic N) is 2. The van der Waals surface area contributed by atoms with Crippen LogP contribution in [0.4, 0.5) is 0 Å². The van der Waals surface area contributed by atoms with Gasteiger partial charge in [0, 0.05) is 0 Å². The predicted molar refractivity (Wildman–Crippen MR) is 99.8 cm³/mol. The molecule has 136 valence electrons.